The second-order valence-corrected chi connectivity index (χ2v) is 9.45. The SMILES string of the molecule is COCOC12CN(C(=O)OC(C)(C)C)CC(N3CCc4cc(Cl)nnc43)(C1)C2. The quantitative estimate of drug-likeness (QED) is 0.706. The smallest absolute Gasteiger partial charge is 0.410 e. The first-order valence-corrected chi connectivity index (χ1v) is 9.94. The van der Waals surface area contributed by atoms with Crippen molar-refractivity contribution >= 4 is 23.5 Å². The number of rotatable bonds is 4. The summed E-state index contributed by atoms with van der Waals surface area (Å²) in [6.45, 7) is 7.72. The zero-order chi connectivity index (χ0) is 20.2. The van der Waals surface area contributed by atoms with Crippen molar-refractivity contribution in [1.82, 2.24) is 15.1 Å². The van der Waals surface area contributed by atoms with Gasteiger partial charge in [-0.2, -0.15) is 0 Å². The first-order chi connectivity index (χ1) is 13.2. The van der Waals surface area contributed by atoms with Gasteiger partial charge in [-0.25, -0.2) is 4.79 Å². The molecular weight excluding hydrogens is 384 g/mol. The highest BCUT2D eigenvalue weighted by atomic mass is 35.5. The Morgan fingerprint density at radius 2 is 2.04 bits per heavy atom. The average molecular weight is 411 g/mol. The average Bonchev–Trinajstić information content (AvgIpc) is 3.01. The van der Waals surface area contributed by atoms with Gasteiger partial charge < -0.3 is 24.0 Å². The zero-order valence-electron chi connectivity index (χ0n) is 16.8. The van der Waals surface area contributed by atoms with Gasteiger partial charge in [0.2, 0.25) is 0 Å². The van der Waals surface area contributed by atoms with E-state index in [-0.39, 0.29) is 18.4 Å². The summed E-state index contributed by atoms with van der Waals surface area (Å²) < 4.78 is 16.8. The molecule has 4 heterocycles. The fraction of sp³-hybridized carbons (Fsp3) is 0.737. The summed E-state index contributed by atoms with van der Waals surface area (Å²) >= 11 is 6.01. The second-order valence-electron chi connectivity index (χ2n) is 9.07. The minimum absolute atomic E-state index is 0.199. The lowest BCUT2D eigenvalue weighted by Gasteiger charge is -2.65. The number of piperidine rings is 2. The van der Waals surface area contributed by atoms with Gasteiger partial charge in [-0.05, 0) is 33.3 Å². The first-order valence-electron chi connectivity index (χ1n) is 9.56. The van der Waals surface area contributed by atoms with Gasteiger partial charge in [-0.15, -0.1) is 10.2 Å². The van der Waals surface area contributed by atoms with E-state index in [9.17, 15) is 4.79 Å². The van der Waals surface area contributed by atoms with Gasteiger partial charge in [0.1, 0.15) is 12.4 Å². The third kappa shape index (κ3) is 3.42. The Balaban J connectivity index is 1.60. The summed E-state index contributed by atoms with van der Waals surface area (Å²) in [5.41, 5.74) is -0.113. The molecule has 1 saturated carbocycles. The monoisotopic (exact) mass is 410 g/mol. The number of hydrogen-bond donors (Lipinski definition) is 0. The van der Waals surface area contributed by atoms with Crippen molar-refractivity contribution in [2.45, 2.75) is 56.8 Å². The van der Waals surface area contributed by atoms with Crippen LogP contribution in [0.15, 0.2) is 6.07 Å². The molecule has 0 spiro atoms. The molecule has 2 bridgehead atoms. The Morgan fingerprint density at radius 3 is 2.71 bits per heavy atom. The zero-order valence-corrected chi connectivity index (χ0v) is 17.6. The largest absolute Gasteiger partial charge is 0.444 e. The van der Waals surface area contributed by atoms with Gasteiger partial charge in [0.15, 0.2) is 11.0 Å². The Kier molecular flexibility index (Phi) is 4.71. The number of aromatic nitrogens is 2. The fourth-order valence-electron chi connectivity index (χ4n) is 4.80. The van der Waals surface area contributed by atoms with Crippen LogP contribution in [0.5, 0.6) is 0 Å². The molecule has 0 radical (unpaired) electrons. The highest BCUT2D eigenvalue weighted by Crippen LogP contribution is 2.54. The minimum atomic E-state index is -0.547. The van der Waals surface area contributed by atoms with Crippen molar-refractivity contribution in [3.63, 3.8) is 0 Å². The molecular formula is C19H27ClN4O4. The van der Waals surface area contributed by atoms with Crippen molar-refractivity contribution in [2.24, 2.45) is 0 Å². The van der Waals surface area contributed by atoms with Crippen molar-refractivity contribution in [3.8, 4) is 0 Å². The summed E-state index contributed by atoms with van der Waals surface area (Å²) in [4.78, 5) is 16.8. The van der Waals surface area contributed by atoms with Gasteiger partial charge in [0.25, 0.3) is 0 Å². The van der Waals surface area contributed by atoms with Crippen molar-refractivity contribution in [1.29, 1.82) is 0 Å². The van der Waals surface area contributed by atoms with E-state index in [1.165, 1.54) is 0 Å². The van der Waals surface area contributed by atoms with Gasteiger partial charge in [-0.3, -0.25) is 0 Å². The molecule has 154 valence electrons. The molecule has 9 heteroatoms. The third-order valence-corrected chi connectivity index (χ3v) is 5.84. The molecule has 0 atom stereocenters. The van der Waals surface area contributed by atoms with Crippen LogP contribution >= 0.6 is 11.6 Å². The van der Waals surface area contributed by atoms with Gasteiger partial charge in [-0.1, -0.05) is 11.6 Å². The summed E-state index contributed by atoms with van der Waals surface area (Å²) in [5.74, 6) is 0.857. The van der Waals surface area contributed by atoms with Crippen LogP contribution in [0.4, 0.5) is 10.6 Å². The molecule has 28 heavy (non-hydrogen) atoms. The summed E-state index contributed by atoms with van der Waals surface area (Å²) in [7, 11) is 1.60. The molecule has 0 aromatic carbocycles. The predicted molar refractivity (Wildman–Crippen MR) is 104 cm³/mol. The lowest BCUT2D eigenvalue weighted by Crippen LogP contribution is -2.78. The molecule has 0 unspecified atom stereocenters. The van der Waals surface area contributed by atoms with E-state index in [4.69, 9.17) is 25.8 Å². The van der Waals surface area contributed by atoms with Crippen LogP contribution in [0, 0.1) is 0 Å². The Bertz CT molecular complexity index is 776. The van der Waals surface area contributed by atoms with E-state index in [2.05, 4.69) is 15.1 Å². The van der Waals surface area contributed by atoms with Crippen LogP contribution in [0.2, 0.25) is 5.15 Å². The van der Waals surface area contributed by atoms with Gasteiger partial charge in [0, 0.05) is 38.6 Å². The number of carbonyl (C=O) groups excluding carboxylic acids is 1. The molecule has 1 aromatic heterocycles. The van der Waals surface area contributed by atoms with E-state index in [0.29, 0.717) is 18.2 Å². The molecule has 2 saturated heterocycles. The fourth-order valence-corrected chi connectivity index (χ4v) is 4.97. The number of ether oxygens (including phenoxy) is 3. The summed E-state index contributed by atoms with van der Waals surface area (Å²) in [5, 5.41) is 8.78. The molecule has 1 amide bonds. The maximum atomic E-state index is 12.8. The number of nitrogens with zero attached hydrogens (tertiary/aromatic N) is 4. The molecule has 8 nitrogen and oxygen atoms in total. The standard InChI is InChI=1S/C19H27ClN4O4/c1-17(2,3)28-16(25)23-10-18(8-19(9-18,11-23)27-12-26-4)24-6-5-13-7-14(20)21-22-15(13)24/h7H,5-6,8-12H2,1-4H3. The van der Waals surface area contributed by atoms with E-state index in [1.807, 2.05) is 26.8 Å². The van der Waals surface area contributed by atoms with Crippen molar-refractivity contribution < 1.29 is 19.0 Å². The molecule has 0 N–H and O–H groups in total. The van der Waals surface area contributed by atoms with E-state index < -0.39 is 11.2 Å². The number of methoxy groups -OCH3 is 1. The molecule has 5 rings (SSSR count). The number of fused-ring (bicyclic) bond motifs is 3. The minimum Gasteiger partial charge on any atom is -0.444 e. The highest BCUT2D eigenvalue weighted by molar-refractivity contribution is 6.29. The first kappa shape index (κ1) is 19.7. The summed E-state index contributed by atoms with van der Waals surface area (Å²) in [6, 6.07) is 1.88. The van der Waals surface area contributed by atoms with Gasteiger partial charge in [0.05, 0.1) is 17.7 Å². The van der Waals surface area contributed by atoms with E-state index in [1.54, 1.807) is 12.0 Å². The Morgan fingerprint density at radius 1 is 1.29 bits per heavy atom. The van der Waals surface area contributed by atoms with Gasteiger partial charge >= 0.3 is 6.09 Å². The van der Waals surface area contributed by atoms with Crippen LogP contribution < -0.4 is 4.90 Å². The maximum Gasteiger partial charge on any atom is 0.410 e. The maximum absolute atomic E-state index is 12.8. The Hall–Kier alpha value is -1.64. The lowest BCUT2D eigenvalue weighted by atomic mass is 9.60. The number of halogens is 1. The van der Waals surface area contributed by atoms with E-state index >= 15 is 0 Å². The van der Waals surface area contributed by atoms with Crippen LogP contribution in [0.25, 0.3) is 0 Å². The molecule has 3 aliphatic heterocycles. The van der Waals surface area contributed by atoms with Crippen molar-refractivity contribution in [2.75, 3.05) is 38.4 Å². The Labute approximate surface area is 170 Å². The normalized spacial score (nSPS) is 28.8. The highest BCUT2D eigenvalue weighted by Gasteiger charge is 2.65. The van der Waals surface area contributed by atoms with Crippen LogP contribution in [-0.4, -0.2) is 71.5 Å². The molecule has 3 fully saturated rings. The molecule has 1 aliphatic carbocycles. The van der Waals surface area contributed by atoms with Crippen molar-refractivity contribution in [3.05, 3.63) is 16.8 Å². The van der Waals surface area contributed by atoms with Crippen LogP contribution in [0.1, 0.15) is 39.2 Å². The topological polar surface area (TPSA) is 77.0 Å². The number of hydrogen-bond acceptors (Lipinski definition) is 7. The number of amides is 1. The number of carbonyl (C=O) groups is 1. The number of anilines is 1. The molecule has 4 aliphatic rings. The third-order valence-electron chi connectivity index (χ3n) is 5.66. The second kappa shape index (κ2) is 6.71. The summed E-state index contributed by atoms with van der Waals surface area (Å²) in [6.07, 6.45) is 2.17. The lowest BCUT2D eigenvalue weighted by molar-refractivity contribution is -0.221. The van der Waals surface area contributed by atoms with Crippen LogP contribution in [-0.2, 0) is 20.6 Å². The predicted octanol–water partition coefficient (Wildman–Crippen LogP) is 2.64. The van der Waals surface area contributed by atoms with E-state index in [0.717, 1.165) is 37.2 Å². The van der Waals surface area contributed by atoms with Crippen LogP contribution in [0.3, 0.4) is 0 Å². The molecule has 1 aromatic rings.